The Bertz CT molecular complexity index is 656. The minimum absolute atomic E-state index is 0. The molecule has 10 heteroatoms. The van der Waals surface area contributed by atoms with Crippen molar-refractivity contribution in [2.75, 3.05) is 39.8 Å². The summed E-state index contributed by atoms with van der Waals surface area (Å²) in [6, 6.07) is 7.62. The van der Waals surface area contributed by atoms with E-state index in [9.17, 15) is 13.2 Å². The highest BCUT2D eigenvalue weighted by Crippen LogP contribution is 2.27. The van der Waals surface area contributed by atoms with Crippen molar-refractivity contribution >= 4 is 41.5 Å². The van der Waals surface area contributed by atoms with E-state index in [4.69, 9.17) is 16.3 Å². The lowest BCUT2D eigenvalue weighted by molar-refractivity contribution is -0.132. The van der Waals surface area contributed by atoms with Crippen LogP contribution in [0.3, 0.4) is 0 Å². The number of halogens is 5. The summed E-state index contributed by atoms with van der Waals surface area (Å²) in [4.78, 5) is 6.33. The minimum atomic E-state index is -4.20. The molecule has 1 aromatic carbocycles. The third-order valence-corrected chi connectivity index (χ3v) is 4.79. The first-order chi connectivity index (χ1) is 13.1. The molecule has 1 fully saturated rings. The van der Waals surface area contributed by atoms with Gasteiger partial charge in [-0.2, -0.15) is 13.2 Å². The van der Waals surface area contributed by atoms with Crippen LogP contribution in [0.2, 0.25) is 5.02 Å². The van der Waals surface area contributed by atoms with Gasteiger partial charge < -0.3 is 15.4 Å². The molecule has 0 spiro atoms. The van der Waals surface area contributed by atoms with Crippen LogP contribution in [0.1, 0.15) is 31.9 Å². The Morgan fingerprint density at radius 3 is 2.48 bits per heavy atom. The molecule has 5 nitrogen and oxygen atoms in total. The largest absolute Gasteiger partial charge is 0.390 e. The number of hydrogen-bond acceptors (Lipinski definition) is 3. The van der Waals surface area contributed by atoms with Gasteiger partial charge in [0.25, 0.3) is 0 Å². The number of guanidine groups is 1. The quantitative estimate of drug-likeness (QED) is 0.318. The van der Waals surface area contributed by atoms with Crippen LogP contribution in [-0.2, 0) is 4.74 Å². The van der Waals surface area contributed by atoms with Gasteiger partial charge in [0.2, 0.25) is 0 Å². The van der Waals surface area contributed by atoms with Gasteiger partial charge in [-0.25, -0.2) is 0 Å². The first kappa shape index (κ1) is 26.3. The summed E-state index contributed by atoms with van der Waals surface area (Å²) in [6.45, 7) is 6.48. The second-order valence-electron chi connectivity index (χ2n) is 7.39. The molecule has 0 amide bonds. The monoisotopic (exact) mass is 548 g/mol. The summed E-state index contributed by atoms with van der Waals surface area (Å²) in [5.41, 5.74) is 0.801. The Labute approximate surface area is 192 Å². The summed E-state index contributed by atoms with van der Waals surface area (Å²) in [6.07, 6.45) is -5.11. The van der Waals surface area contributed by atoms with E-state index < -0.39 is 12.6 Å². The van der Waals surface area contributed by atoms with Crippen molar-refractivity contribution in [3.05, 3.63) is 34.9 Å². The lowest BCUT2D eigenvalue weighted by Gasteiger charge is -2.42. The topological polar surface area (TPSA) is 48.9 Å². The molecule has 0 radical (unpaired) electrons. The van der Waals surface area contributed by atoms with Crippen LogP contribution in [-0.4, -0.2) is 62.5 Å². The fourth-order valence-corrected chi connectivity index (χ4v) is 3.32. The van der Waals surface area contributed by atoms with Crippen LogP contribution in [0.5, 0.6) is 0 Å². The van der Waals surface area contributed by atoms with Gasteiger partial charge in [0.05, 0.1) is 24.7 Å². The smallest absolute Gasteiger partial charge is 0.373 e. The van der Waals surface area contributed by atoms with E-state index in [1.165, 1.54) is 7.05 Å². The van der Waals surface area contributed by atoms with Crippen LogP contribution in [0, 0.1) is 0 Å². The van der Waals surface area contributed by atoms with Crippen molar-refractivity contribution in [2.45, 2.75) is 38.1 Å². The highest BCUT2D eigenvalue weighted by atomic mass is 127. The lowest BCUT2D eigenvalue weighted by atomic mass is 10.0. The van der Waals surface area contributed by atoms with E-state index in [1.54, 1.807) is 0 Å². The zero-order valence-electron chi connectivity index (χ0n) is 16.9. The van der Waals surface area contributed by atoms with Gasteiger partial charge in [0.1, 0.15) is 0 Å². The maximum Gasteiger partial charge on any atom is 0.390 e. The Kier molecular flexibility index (Phi) is 10.5. The number of rotatable bonds is 6. The van der Waals surface area contributed by atoms with Crippen molar-refractivity contribution in [3.8, 4) is 0 Å². The highest BCUT2D eigenvalue weighted by molar-refractivity contribution is 14.0. The molecule has 166 valence electrons. The third-order valence-electron chi connectivity index (χ3n) is 4.54. The molecule has 1 heterocycles. The van der Waals surface area contributed by atoms with E-state index in [2.05, 4.69) is 20.5 Å². The summed E-state index contributed by atoms with van der Waals surface area (Å²) < 4.78 is 42.9. The predicted molar refractivity (Wildman–Crippen MR) is 121 cm³/mol. The van der Waals surface area contributed by atoms with E-state index in [1.807, 2.05) is 38.1 Å². The number of nitrogens with one attached hydrogen (secondary N) is 2. The van der Waals surface area contributed by atoms with Gasteiger partial charge in [0, 0.05) is 38.2 Å². The van der Waals surface area contributed by atoms with E-state index in [0.29, 0.717) is 24.1 Å². The molecule has 1 aliphatic rings. The average molecular weight is 549 g/mol. The Morgan fingerprint density at radius 1 is 1.28 bits per heavy atom. The number of hydrogen-bond donors (Lipinski definition) is 2. The number of ether oxygens (including phenoxy) is 1. The SMILES string of the molecule is CN=C(NCCC(F)(F)F)NCC(c1ccc(Cl)cc1)N1CCOC(C)(C)C1.I. The van der Waals surface area contributed by atoms with Gasteiger partial charge in [-0.1, -0.05) is 23.7 Å². The molecular formula is C19H29ClF3IN4O. The molecule has 1 aliphatic heterocycles. The zero-order valence-corrected chi connectivity index (χ0v) is 19.9. The van der Waals surface area contributed by atoms with Gasteiger partial charge in [-0.05, 0) is 31.5 Å². The van der Waals surface area contributed by atoms with Gasteiger partial charge in [-0.3, -0.25) is 9.89 Å². The fourth-order valence-electron chi connectivity index (χ4n) is 3.20. The Balaban J connectivity index is 0.00000420. The summed E-state index contributed by atoms with van der Waals surface area (Å²) in [5, 5.41) is 6.52. The van der Waals surface area contributed by atoms with E-state index in [0.717, 1.165) is 18.7 Å². The molecule has 1 unspecified atom stereocenters. The van der Waals surface area contributed by atoms with Crippen LogP contribution in [0.4, 0.5) is 13.2 Å². The fraction of sp³-hybridized carbons (Fsp3) is 0.632. The molecule has 1 saturated heterocycles. The molecule has 2 rings (SSSR count). The number of nitrogens with zero attached hydrogens (tertiary/aromatic N) is 2. The van der Waals surface area contributed by atoms with Crippen LogP contribution in [0.25, 0.3) is 0 Å². The maximum absolute atomic E-state index is 12.4. The molecular weight excluding hydrogens is 520 g/mol. The first-order valence-corrected chi connectivity index (χ1v) is 9.62. The molecule has 0 saturated carbocycles. The standard InChI is InChI=1S/C19H28ClF3N4O.HI/c1-18(2)13-27(10-11-28-18)16(14-4-6-15(20)7-5-14)12-26-17(24-3)25-9-8-19(21,22)23;/h4-7,16H,8-13H2,1-3H3,(H2,24,25,26);1H. The molecule has 2 N–H and O–H groups in total. The van der Waals surface area contributed by atoms with Crippen LogP contribution in [0.15, 0.2) is 29.3 Å². The summed E-state index contributed by atoms with van der Waals surface area (Å²) in [5.74, 6) is 0.343. The second kappa shape index (κ2) is 11.6. The van der Waals surface area contributed by atoms with Gasteiger partial charge in [-0.15, -0.1) is 24.0 Å². The lowest BCUT2D eigenvalue weighted by Crippen LogP contribution is -2.52. The van der Waals surface area contributed by atoms with Crippen molar-refractivity contribution in [1.82, 2.24) is 15.5 Å². The molecule has 0 aromatic heterocycles. The maximum atomic E-state index is 12.4. The van der Waals surface area contributed by atoms with Gasteiger partial charge >= 0.3 is 6.18 Å². The Morgan fingerprint density at radius 2 is 1.93 bits per heavy atom. The van der Waals surface area contributed by atoms with Crippen molar-refractivity contribution in [1.29, 1.82) is 0 Å². The number of benzene rings is 1. The average Bonchev–Trinajstić information content (AvgIpc) is 2.60. The van der Waals surface area contributed by atoms with Crippen molar-refractivity contribution in [3.63, 3.8) is 0 Å². The molecule has 1 atom stereocenters. The summed E-state index contributed by atoms with van der Waals surface area (Å²) in [7, 11) is 1.54. The molecule has 0 aliphatic carbocycles. The first-order valence-electron chi connectivity index (χ1n) is 9.24. The third kappa shape index (κ3) is 9.27. The number of aliphatic imine (C=N–C) groups is 1. The minimum Gasteiger partial charge on any atom is -0.373 e. The molecule has 29 heavy (non-hydrogen) atoms. The summed E-state index contributed by atoms with van der Waals surface area (Å²) >= 11 is 6.02. The number of alkyl halides is 3. The molecule has 0 bridgehead atoms. The van der Waals surface area contributed by atoms with Crippen molar-refractivity contribution < 1.29 is 17.9 Å². The van der Waals surface area contributed by atoms with Crippen molar-refractivity contribution in [2.24, 2.45) is 4.99 Å². The zero-order chi connectivity index (χ0) is 20.8. The molecule has 1 aromatic rings. The number of morpholine rings is 1. The Hall–Kier alpha value is -0.780. The van der Waals surface area contributed by atoms with Crippen LogP contribution >= 0.6 is 35.6 Å². The van der Waals surface area contributed by atoms with E-state index >= 15 is 0 Å². The second-order valence-corrected chi connectivity index (χ2v) is 7.83. The highest BCUT2D eigenvalue weighted by Gasteiger charge is 2.32. The van der Waals surface area contributed by atoms with Gasteiger partial charge in [0.15, 0.2) is 5.96 Å². The van der Waals surface area contributed by atoms with Crippen LogP contribution < -0.4 is 10.6 Å². The normalized spacial score (nSPS) is 18.7. The van der Waals surface area contributed by atoms with E-state index in [-0.39, 0.29) is 42.2 Å². The predicted octanol–water partition coefficient (Wildman–Crippen LogP) is 4.23.